The zero-order chi connectivity index (χ0) is 14.9. The van der Waals surface area contributed by atoms with Crippen LogP contribution in [0, 0.1) is 0 Å². The number of halogens is 1. The summed E-state index contributed by atoms with van der Waals surface area (Å²) in [5.74, 6) is -0.856. The molecule has 0 spiro atoms. The molecule has 0 saturated carbocycles. The molecule has 108 valence electrons. The van der Waals surface area contributed by atoms with Crippen molar-refractivity contribution in [1.82, 2.24) is 14.9 Å². The number of hydrogen-bond donors (Lipinski definition) is 1. The average Bonchev–Trinajstić information content (AvgIpc) is 2.87. The molecule has 7 heteroatoms. The molecule has 20 heavy (non-hydrogen) atoms. The summed E-state index contributed by atoms with van der Waals surface area (Å²) in [5.41, 5.74) is 0.0820. The van der Waals surface area contributed by atoms with Crippen LogP contribution >= 0.6 is 11.6 Å². The molecule has 1 aromatic rings. The first kappa shape index (κ1) is 14.7. The molecule has 1 saturated heterocycles. The third-order valence-electron chi connectivity index (χ3n) is 3.28. The van der Waals surface area contributed by atoms with Gasteiger partial charge in [-0.2, -0.15) is 0 Å². The Labute approximate surface area is 121 Å². The van der Waals surface area contributed by atoms with Gasteiger partial charge < -0.3 is 10.0 Å². The van der Waals surface area contributed by atoms with E-state index >= 15 is 0 Å². The van der Waals surface area contributed by atoms with Crippen molar-refractivity contribution < 1.29 is 14.7 Å². The van der Waals surface area contributed by atoms with Crippen LogP contribution in [-0.2, 0) is 4.79 Å². The van der Waals surface area contributed by atoms with E-state index in [-0.39, 0.29) is 16.6 Å². The van der Waals surface area contributed by atoms with Crippen molar-refractivity contribution in [1.29, 1.82) is 0 Å². The van der Waals surface area contributed by atoms with Crippen molar-refractivity contribution in [3.8, 4) is 0 Å². The van der Waals surface area contributed by atoms with E-state index in [0.717, 1.165) is 0 Å². The second-order valence-electron chi connectivity index (χ2n) is 5.07. The number of nitrogens with zero attached hydrogens (tertiary/aromatic N) is 3. The zero-order valence-electron chi connectivity index (χ0n) is 11.3. The Morgan fingerprint density at radius 1 is 1.50 bits per heavy atom. The minimum absolute atomic E-state index is 0.0627. The van der Waals surface area contributed by atoms with E-state index in [0.29, 0.717) is 25.2 Å². The van der Waals surface area contributed by atoms with Gasteiger partial charge in [0.15, 0.2) is 5.69 Å². The fourth-order valence-electron chi connectivity index (χ4n) is 2.21. The number of rotatable bonds is 3. The van der Waals surface area contributed by atoms with E-state index in [4.69, 9.17) is 16.7 Å². The minimum Gasteiger partial charge on any atom is -0.480 e. The normalized spacial score (nSPS) is 18.6. The van der Waals surface area contributed by atoms with Crippen LogP contribution in [0.5, 0.6) is 0 Å². The third-order valence-corrected chi connectivity index (χ3v) is 3.56. The number of aromatic nitrogens is 2. The summed E-state index contributed by atoms with van der Waals surface area (Å²) in [7, 11) is 0. The molecule has 1 N–H and O–H groups in total. The smallest absolute Gasteiger partial charge is 0.326 e. The number of aliphatic carboxylic acids is 1. The first-order chi connectivity index (χ1) is 9.41. The lowest BCUT2D eigenvalue weighted by Crippen LogP contribution is -2.41. The molecule has 2 rings (SSSR count). The van der Waals surface area contributed by atoms with Gasteiger partial charge in [-0.15, -0.1) is 0 Å². The summed E-state index contributed by atoms with van der Waals surface area (Å²) in [6.45, 7) is 4.23. The second kappa shape index (κ2) is 5.75. The number of hydrogen-bond acceptors (Lipinski definition) is 4. The summed E-state index contributed by atoms with van der Waals surface area (Å²) in [5, 5.41) is 9.28. The van der Waals surface area contributed by atoms with E-state index < -0.39 is 17.9 Å². The van der Waals surface area contributed by atoms with E-state index in [1.807, 2.05) is 13.8 Å². The summed E-state index contributed by atoms with van der Waals surface area (Å²) >= 11 is 5.98. The lowest BCUT2D eigenvalue weighted by Gasteiger charge is -2.21. The van der Waals surface area contributed by atoms with Crippen LogP contribution in [0.15, 0.2) is 6.20 Å². The van der Waals surface area contributed by atoms with Gasteiger partial charge in [-0.3, -0.25) is 4.79 Å². The van der Waals surface area contributed by atoms with Crippen LogP contribution in [0.4, 0.5) is 0 Å². The highest BCUT2D eigenvalue weighted by Gasteiger charge is 2.35. The molecular formula is C13H16ClN3O3. The summed E-state index contributed by atoms with van der Waals surface area (Å²) in [6.07, 6.45) is 2.52. The van der Waals surface area contributed by atoms with E-state index in [2.05, 4.69) is 9.97 Å². The SMILES string of the molecule is CC(C)c1ncc(Cl)c(C(=O)N2CCCC2C(=O)O)n1. The molecule has 1 amide bonds. The molecule has 0 aromatic carbocycles. The predicted octanol–water partition coefficient (Wildman–Crippen LogP) is 1.94. The summed E-state index contributed by atoms with van der Waals surface area (Å²) < 4.78 is 0. The Bertz CT molecular complexity index is 548. The lowest BCUT2D eigenvalue weighted by atomic mass is 10.2. The van der Waals surface area contributed by atoms with Gasteiger partial charge in [-0.05, 0) is 12.8 Å². The molecule has 0 radical (unpaired) electrons. The van der Waals surface area contributed by atoms with Crippen LogP contribution in [-0.4, -0.2) is 44.4 Å². The number of amides is 1. The maximum Gasteiger partial charge on any atom is 0.326 e. The number of likely N-dealkylation sites (tertiary alicyclic amines) is 1. The van der Waals surface area contributed by atoms with E-state index in [1.165, 1.54) is 11.1 Å². The van der Waals surface area contributed by atoms with Crippen molar-refractivity contribution in [2.45, 2.75) is 38.6 Å². The molecule has 1 unspecified atom stereocenters. The Balaban J connectivity index is 2.33. The minimum atomic E-state index is -0.995. The van der Waals surface area contributed by atoms with Crippen molar-refractivity contribution in [3.05, 3.63) is 22.7 Å². The van der Waals surface area contributed by atoms with Crippen molar-refractivity contribution in [2.24, 2.45) is 0 Å². The molecule has 0 aliphatic carbocycles. The molecule has 2 heterocycles. The first-order valence-corrected chi connectivity index (χ1v) is 6.85. The van der Waals surface area contributed by atoms with Gasteiger partial charge >= 0.3 is 5.97 Å². The lowest BCUT2D eigenvalue weighted by molar-refractivity contribution is -0.141. The Kier molecular flexibility index (Phi) is 4.23. The number of carbonyl (C=O) groups is 2. The van der Waals surface area contributed by atoms with Crippen LogP contribution < -0.4 is 0 Å². The maximum atomic E-state index is 12.4. The quantitative estimate of drug-likeness (QED) is 0.922. The molecular weight excluding hydrogens is 282 g/mol. The van der Waals surface area contributed by atoms with Gasteiger partial charge in [-0.25, -0.2) is 14.8 Å². The van der Waals surface area contributed by atoms with Gasteiger partial charge in [0.2, 0.25) is 0 Å². The van der Waals surface area contributed by atoms with Crippen LogP contribution in [0.1, 0.15) is 48.9 Å². The number of carboxylic acid groups (broad SMARTS) is 1. The average molecular weight is 298 g/mol. The number of carbonyl (C=O) groups excluding carboxylic acids is 1. The highest BCUT2D eigenvalue weighted by Crippen LogP contribution is 2.23. The topological polar surface area (TPSA) is 83.4 Å². The molecule has 1 aliphatic heterocycles. The summed E-state index contributed by atoms with van der Waals surface area (Å²) in [6, 6.07) is -0.795. The van der Waals surface area contributed by atoms with Gasteiger partial charge in [0.05, 0.1) is 11.2 Å². The van der Waals surface area contributed by atoms with Crippen molar-refractivity contribution >= 4 is 23.5 Å². The van der Waals surface area contributed by atoms with E-state index in [1.54, 1.807) is 0 Å². The molecule has 1 fully saturated rings. The highest BCUT2D eigenvalue weighted by atomic mass is 35.5. The predicted molar refractivity (Wildman–Crippen MR) is 72.8 cm³/mol. The van der Waals surface area contributed by atoms with Crippen molar-refractivity contribution in [3.63, 3.8) is 0 Å². The van der Waals surface area contributed by atoms with Gasteiger partial charge in [0, 0.05) is 12.5 Å². The molecule has 1 aliphatic rings. The molecule has 1 aromatic heterocycles. The Hall–Kier alpha value is -1.69. The monoisotopic (exact) mass is 297 g/mol. The van der Waals surface area contributed by atoms with Gasteiger partial charge in [0.1, 0.15) is 11.9 Å². The molecule has 0 bridgehead atoms. The van der Waals surface area contributed by atoms with E-state index in [9.17, 15) is 9.59 Å². The van der Waals surface area contributed by atoms with Crippen LogP contribution in [0.25, 0.3) is 0 Å². The highest BCUT2D eigenvalue weighted by molar-refractivity contribution is 6.33. The fraction of sp³-hybridized carbons (Fsp3) is 0.538. The fourth-order valence-corrected chi connectivity index (χ4v) is 2.38. The molecule has 1 atom stereocenters. The zero-order valence-corrected chi connectivity index (χ0v) is 12.1. The summed E-state index contributed by atoms with van der Waals surface area (Å²) in [4.78, 5) is 33.2. The van der Waals surface area contributed by atoms with Crippen LogP contribution in [0.3, 0.4) is 0 Å². The second-order valence-corrected chi connectivity index (χ2v) is 5.48. The van der Waals surface area contributed by atoms with Gasteiger partial charge in [-0.1, -0.05) is 25.4 Å². The Morgan fingerprint density at radius 3 is 2.80 bits per heavy atom. The Morgan fingerprint density at radius 2 is 2.20 bits per heavy atom. The maximum absolute atomic E-state index is 12.4. The largest absolute Gasteiger partial charge is 0.480 e. The van der Waals surface area contributed by atoms with Crippen LogP contribution in [0.2, 0.25) is 5.02 Å². The standard InChI is InChI=1S/C13H16ClN3O3/c1-7(2)11-15-6-8(14)10(16-11)12(18)17-5-3-4-9(17)13(19)20/h6-7,9H,3-5H2,1-2H3,(H,19,20). The van der Waals surface area contributed by atoms with Crippen molar-refractivity contribution in [2.75, 3.05) is 6.54 Å². The van der Waals surface area contributed by atoms with Gasteiger partial charge in [0.25, 0.3) is 5.91 Å². The first-order valence-electron chi connectivity index (χ1n) is 6.48. The molecule has 6 nitrogen and oxygen atoms in total. The number of carboxylic acids is 1. The third kappa shape index (κ3) is 2.75.